The lowest BCUT2D eigenvalue weighted by Gasteiger charge is -2.12. The summed E-state index contributed by atoms with van der Waals surface area (Å²) in [6, 6.07) is 8.07. The van der Waals surface area contributed by atoms with E-state index in [2.05, 4.69) is 26.3 Å². The molecular formula is C18H21N5. The summed E-state index contributed by atoms with van der Waals surface area (Å²) in [7, 11) is 0. The lowest BCUT2D eigenvalue weighted by Crippen LogP contribution is -2.14. The van der Waals surface area contributed by atoms with Crippen molar-refractivity contribution in [2.24, 2.45) is 5.92 Å². The third-order valence-corrected chi connectivity index (χ3v) is 4.59. The first-order valence-electron chi connectivity index (χ1n) is 8.34. The van der Waals surface area contributed by atoms with Gasteiger partial charge in [0, 0.05) is 0 Å². The summed E-state index contributed by atoms with van der Waals surface area (Å²) in [4.78, 5) is 13.6. The minimum absolute atomic E-state index is 0.722. The van der Waals surface area contributed by atoms with Crippen molar-refractivity contribution in [3.05, 3.63) is 48.7 Å². The number of hydrogen-bond acceptors (Lipinski definition) is 4. The van der Waals surface area contributed by atoms with Gasteiger partial charge in [-0.15, -0.1) is 0 Å². The monoisotopic (exact) mass is 307 g/mol. The predicted octanol–water partition coefficient (Wildman–Crippen LogP) is 2.75. The molecule has 0 radical (unpaired) electrons. The van der Waals surface area contributed by atoms with Gasteiger partial charge in [-0.05, 0) is 56.8 Å². The Labute approximate surface area is 135 Å². The summed E-state index contributed by atoms with van der Waals surface area (Å²) >= 11 is 0. The van der Waals surface area contributed by atoms with Crippen molar-refractivity contribution in [3.63, 3.8) is 0 Å². The highest BCUT2D eigenvalue weighted by atomic mass is 15.1. The van der Waals surface area contributed by atoms with Crippen molar-refractivity contribution < 1.29 is 0 Å². The smallest absolute Gasteiger partial charge is 0.156 e. The van der Waals surface area contributed by atoms with Gasteiger partial charge in [0.2, 0.25) is 0 Å². The maximum Gasteiger partial charge on any atom is 0.156 e. The second kappa shape index (κ2) is 6.46. The molecule has 3 aromatic rings. The first-order valence-corrected chi connectivity index (χ1v) is 8.34. The second-order valence-electron chi connectivity index (χ2n) is 6.22. The molecule has 0 aliphatic carbocycles. The van der Waals surface area contributed by atoms with Crippen LogP contribution in [0.3, 0.4) is 0 Å². The Kier molecular flexibility index (Phi) is 4.03. The summed E-state index contributed by atoms with van der Waals surface area (Å²) < 4.78 is 1.99. The number of rotatable bonds is 3. The van der Waals surface area contributed by atoms with Crippen LogP contribution in [0.1, 0.15) is 25.0 Å². The van der Waals surface area contributed by atoms with Crippen LogP contribution in [0.4, 0.5) is 0 Å². The highest BCUT2D eigenvalue weighted by Crippen LogP contribution is 2.19. The molecule has 5 heteroatoms. The van der Waals surface area contributed by atoms with Gasteiger partial charge < -0.3 is 5.32 Å². The van der Waals surface area contributed by atoms with Gasteiger partial charge in [-0.1, -0.05) is 12.1 Å². The van der Waals surface area contributed by atoms with E-state index >= 15 is 0 Å². The number of hydrogen-bond donors (Lipinski definition) is 1. The van der Waals surface area contributed by atoms with Crippen LogP contribution in [0, 0.1) is 5.92 Å². The molecule has 0 spiro atoms. The van der Waals surface area contributed by atoms with Crippen LogP contribution >= 0.6 is 0 Å². The Morgan fingerprint density at radius 3 is 2.91 bits per heavy atom. The molecule has 1 saturated heterocycles. The van der Waals surface area contributed by atoms with Crippen LogP contribution in [0.25, 0.3) is 16.9 Å². The highest BCUT2D eigenvalue weighted by Gasteiger charge is 2.14. The fourth-order valence-corrected chi connectivity index (χ4v) is 3.31. The Morgan fingerprint density at radius 2 is 2.00 bits per heavy atom. The molecule has 4 rings (SSSR count). The Balaban J connectivity index is 1.53. The van der Waals surface area contributed by atoms with Crippen molar-refractivity contribution in [1.29, 1.82) is 0 Å². The number of benzene rings is 1. The molecule has 118 valence electrons. The normalized spacial score (nSPS) is 18.9. The average Bonchev–Trinajstić information content (AvgIpc) is 2.86. The Bertz CT molecular complexity index is 769. The molecule has 1 unspecified atom stereocenters. The number of aromatic nitrogens is 4. The van der Waals surface area contributed by atoms with Gasteiger partial charge in [-0.2, -0.15) is 0 Å². The summed E-state index contributed by atoms with van der Waals surface area (Å²) in [5, 5.41) is 3.46. The van der Waals surface area contributed by atoms with E-state index in [1.165, 1.54) is 19.3 Å². The minimum Gasteiger partial charge on any atom is -0.317 e. The number of fused-ring (bicyclic) bond motifs is 1. The van der Waals surface area contributed by atoms with Gasteiger partial charge in [0.25, 0.3) is 0 Å². The average molecular weight is 307 g/mol. The van der Waals surface area contributed by atoms with Crippen molar-refractivity contribution >= 4 is 11.0 Å². The third-order valence-electron chi connectivity index (χ3n) is 4.59. The molecule has 3 heterocycles. The standard InChI is InChI=1S/C18H21N5/c1-2-6-17-16(5-1)22-13-23(17)18-12-20-15(11-21-18)10-14-4-3-8-19-9-7-14/h1-2,5-6,11-14,19H,3-4,7-10H2. The fraction of sp³-hybridized carbons (Fsp3) is 0.389. The van der Waals surface area contributed by atoms with Crippen molar-refractivity contribution in [1.82, 2.24) is 24.8 Å². The molecule has 2 aromatic heterocycles. The Hall–Kier alpha value is -2.27. The van der Waals surface area contributed by atoms with Crippen LogP contribution in [0.15, 0.2) is 43.0 Å². The van der Waals surface area contributed by atoms with Crippen LogP contribution in [-0.2, 0) is 6.42 Å². The van der Waals surface area contributed by atoms with Crippen LogP contribution < -0.4 is 5.32 Å². The maximum atomic E-state index is 4.63. The molecule has 5 nitrogen and oxygen atoms in total. The Morgan fingerprint density at radius 1 is 1.04 bits per heavy atom. The quantitative estimate of drug-likeness (QED) is 0.808. The van der Waals surface area contributed by atoms with E-state index in [0.29, 0.717) is 0 Å². The molecule has 1 aliphatic rings. The first kappa shape index (κ1) is 14.3. The van der Waals surface area contributed by atoms with Gasteiger partial charge in [0.1, 0.15) is 6.33 Å². The van der Waals surface area contributed by atoms with Gasteiger partial charge in [-0.25, -0.2) is 9.97 Å². The summed E-state index contributed by atoms with van der Waals surface area (Å²) in [5.41, 5.74) is 3.12. The van der Waals surface area contributed by atoms with Crippen LogP contribution in [0.2, 0.25) is 0 Å². The number of nitrogens with zero attached hydrogens (tertiary/aromatic N) is 4. The van der Waals surface area contributed by atoms with E-state index in [-0.39, 0.29) is 0 Å². The van der Waals surface area contributed by atoms with Crippen molar-refractivity contribution in [2.75, 3.05) is 13.1 Å². The van der Waals surface area contributed by atoms with Crippen molar-refractivity contribution in [2.45, 2.75) is 25.7 Å². The topological polar surface area (TPSA) is 55.6 Å². The fourth-order valence-electron chi connectivity index (χ4n) is 3.31. The zero-order valence-electron chi connectivity index (χ0n) is 13.2. The summed E-state index contributed by atoms with van der Waals surface area (Å²) in [5.74, 6) is 1.55. The van der Waals surface area contributed by atoms with Crippen molar-refractivity contribution in [3.8, 4) is 5.82 Å². The third kappa shape index (κ3) is 3.10. The number of imidazole rings is 1. The predicted molar refractivity (Wildman–Crippen MR) is 90.6 cm³/mol. The minimum atomic E-state index is 0.722. The summed E-state index contributed by atoms with van der Waals surface area (Å²) in [6.07, 6.45) is 10.4. The molecule has 1 aliphatic heterocycles. The zero-order chi connectivity index (χ0) is 15.5. The highest BCUT2D eigenvalue weighted by molar-refractivity contribution is 5.76. The van der Waals surface area contributed by atoms with E-state index in [0.717, 1.165) is 48.0 Å². The number of nitrogens with one attached hydrogen (secondary N) is 1. The molecule has 1 fully saturated rings. The summed E-state index contributed by atoms with van der Waals surface area (Å²) in [6.45, 7) is 2.27. The van der Waals surface area contributed by atoms with Crippen LogP contribution in [-0.4, -0.2) is 32.6 Å². The van der Waals surface area contributed by atoms with E-state index in [4.69, 9.17) is 0 Å². The first-order chi connectivity index (χ1) is 11.4. The van der Waals surface area contributed by atoms with Crippen LogP contribution in [0.5, 0.6) is 0 Å². The van der Waals surface area contributed by atoms with Gasteiger partial charge in [0.05, 0.1) is 29.1 Å². The molecule has 1 N–H and O–H groups in total. The molecule has 1 atom stereocenters. The molecule has 0 bridgehead atoms. The number of para-hydroxylation sites is 2. The lowest BCUT2D eigenvalue weighted by molar-refractivity contribution is 0.464. The molecule has 23 heavy (non-hydrogen) atoms. The van der Waals surface area contributed by atoms with E-state index in [1.54, 1.807) is 0 Å². The van der Waals surface area contributed by atoms with Gasteiger partial charge in [0.15, 0.2) is 5.82 Å². The van der Waals surface area contributed by atoms with Gasteiger partial charge in [-0.3, -0.25) is 9.55 Å². The van der Waals surface area contributed by atoms with E-state index in [9.17, 15) is 0 Å². The zero-order valence-corrected chi connectivity index (χ0v) is 13.2. The molecular weight excluding hydrogens is 286 g/mol. The maximum absolute atomic E-state index is 4.63. The molecule has 0 amide bonds. The molecule has 0 saturated carbocycles. The largest absolute Gasteiger partial charge is 0.317 e. The second-order valence-corrected chi connectivity index (χ2v) is 6.22. The van der Waals surface area contributed by atoms with E-state index < -0.39 is 0 Å². The molecule has 1 aromatic carbocycles. The lowest BCUT2D eigenvalue weighted by atomic mass is 9.95. The van der Waals surface area contributed by atoms with E-state index in [1.807, 2.05) is 41.5 Å². The SMILES string of the molecule is c1ccc2c(c1)ncn2-c1cnc(CC2CCCNCC2)cn1. The van der Waals surface area contributed by atoms with Gasteiger partial charge >= 0.3 is 0 Å².